The van der Waals surface area contributed by atoms with Crippen molar-refractivity contribution in [3.05, 3.63) is 22.5 Å². The summed E-state index contributed by atoms with van der Waals surface area (Å²) in [4.78, 5) is 14.4. The summed E-state index contributed by atoms with van der Waals surface area (Å²) in [6.07, 6.45) is 2.53. The predicted molar refractivity (Wildman–Crippen MR) is 92.1 cm³/mol. The summed E-state index contributed by atoms with van der Waals surface area (Å²) in [5.74, 6) is 0.973. The van der Waals surface area contributed by atoms with E-state index in [1.165, 1.54) is 35.6 Å². The van der Waals surface area contributed by atoms with Crippen LogP contribution >= 0.6 is 11.3 Å². The van der Waals surface area contributed by atoms with E-state index < -0.39 is 0 Å². The van der Waals surface area contributed by atoms with Crippen molar-refractivity contribution in [1.82, 2.24) is 24.9 Å². The molecule has 0 radical (unpaired) electrons. The van der Waals surface area contributed by atoms with Crippen LogP contribution in [0.1, 0.15) is 54.9 Å². The van der Waals surface area contributed by atoms with E-state index in [0.717, 1.165) is 24.6 Å². The lowest BCUT2D eigenvalue weighted by molar-refractivity contribution is -0.117. The number of amides is 1. The summed E-state index contributed by atoms with van der Waals surface area (Å²) >= 11 is 1.45. The van der Waals surface area contributed by atoms with E-state index in [2.05, 4.69) is 50.1 Å². The molecule has 0 unspecified atom stereocenters. The maximum atomic E-state index is 12.3. The first-order valence-corrected chi connectivity index (χ1v) is 9.32. The lowest BCUT2D eigenvalue weighted by Gasteiger charge is -2.26. The Kier molecular flexibility index (Phi) is 4.09. The summed E-state index contributed by atoms with van der Waals surface area (Å²) in [5, 5.41) is 17.2. The molecule has 128 valence electrons. The summed E-state index contributed by atoms with van der Waals surface area (Å²) in [5.41, 5.74) is 2.44. The van der Waals surface area contributed by atoms with Gasteiger partial charge in [0.05, 0.1) is 24.5 Å². The Morgan fingerprint density at radius 2 is 2.21 bits per heavy atom. The summed E-state index contributed by atoms with van der Waals surface area (Å²) in [6.45, 7) is 6.99. The molecular weight excluding hydrogens is 324 g/mol. The highest BCUT2D eigenvalue weighted by atomic mass is 32.1. The molecule has 7 nitrogen and oxygen atoms in total. The standard InChI is InChI=1S/C16H22N6OS/c1-10(2)15-18-19-16(24-15)17-14(23)9-21-5-6-22-12(8-21)7-13(20-22)11-3-4-11/h7,10-11H,3-6,8-9H2,1-2H3,(H,17,19,23). The fourth-order valence-electron chi connectivity index (χ4n) is 2.94. The molecule has 4 rings (SSSR count). The van der Waals surface area contributed by atoms with Crippen molar-refractivity contribution < 1.29 is 4.79 Å². The molecule has 0 aromatic carbocycles. The molecule has 2 aliphatic rings. The monoisotopic (exact) mass is 346 g/mol. The van der Waals surface area contributed by atoms with E-state index in [0.29, 0.717) is 23.5 Å². The van der Waals surface area contributed by atoms with Crippen molar-refractivity contribution in [3.63, 3.8) is 0 Å². The highest BCUT2D eigenvalue weighted by Gasteiger charge is 2.29. The van der Waals surface area contributed by atoms with Gasteiger partial charge in [0.15, 0.2) is 0 Å². The Morgan fingerprint density at radius 1 is 1.38 bits per heavy atom. The van der Waals surface area contributed by atoms with Gasteiger partial charge >= 0.3 is 0 Å². The number of hydrogen-bond donors (Lipinski definition) is 1. The van der Waals surface area contributed by atoms with Gasteiger partial charge in [0, 0.05) is 24.9 Å². The molecule has 1 fully saturated rings. The number of fused-ring (bicyclic) bond motifs is 1. The van der Waals surface area contributed by atoms with Gasteiger partial charge < -0.3 is 0 Å². The van der Waals surface area contributed by atoms with Crippen molar-refractivity contribution in [2.24, 2.45) is 0 Å². The Bertz CT molecular complexity index is 748. The van der Waals surface area contributed by atoms with Crippen LogP contribution in [0.2, 0.25) is 0 Å². The van der Waals surface area contributed by atoms with Gasteiger partial charge in [-0.15, -0.1) is 10.2 Å². The molecule has 1 amide bonds. The maximum Gasteiger partial charge on any atom is 0.240 e. The third kappa shape index (κ3) is 3.34. The van der Waals surface area contributed by atoms with Gasteiger partial charge in [-0.05, 0) is 18.9 Å². The second-order valence-corrected chi connectivity index (χ2v) is 7.93. The quantitative estimate of drug-likeness (QED) is 0.898. The number of nitrogens with zero attached hydrogens (tertiary/aromatic N) is 5. The summed E-state index contributed by atoms with van der Waals surface area (Å²) in [7, 11) is 0. The van der Waals surface area contributed by atoms with Gasteiger partial charge in [0.25, 0.3) is 0 Å². The number of nitrogens with one attached hydrogen (secondary N) is 1. The molecule has 1 saturated carbocycles. The third-order valence-corrected chi connectivity index (χ3v) is 5.58. The van der Waals surface area contributed by atoms with Crippen molar-refractivity contribution >= 4 is 22.4 Å². The number of carbonyl (C=O) groups excluding carboxylic acids is 1. The normalized spacial score (nSPS) is 18.0. The van der Waals surface area contributed by atoms with Gasteiger partial charge in [-0.1, -0.05) is 25.2 Å². The Hall–Kier alpha value is -1.80. The lowest BCUT2D eigenvalue weighted by Crippen LogP contribution is -2.39. The van der Waals surface area contributed by atoms with Gasteiger partial charge in [0.1, 0.15) is 5.01 Å². The van der Waals surface area contributed by atoms with Crippen LogP contribution in [0.5, 0.6) is 0 Å². The predicted octanol–water partition coefficient (Wildman–Crippen LogP) is 2.19. The zero-order chi connectivity index (χ0) is 16.7. The topological polar surface area (TPSA) is 75.9 Å². The minimum absolute atomic E-state index is 0.0307. The fraction of sp³-hybridized carbons (Fsp3) is 0.625. The van der Waals surface area contributed by atoms with Crippen LogP contribution in [0.3, 0.4) is 0 Å². The molecule has 3 heterocycles. The second-order valence-electron chi connectivity index (χ2n) is 6.92. The van der Waals surface area contributed by atoms with Crippen molar-refractivity contribution in [2.75, 3.05) is 18.4 Å². The highest BCUT2D eigenvalue weighted by molar-refractivity contribution is 7.15. The minimum atomic E-state index is -0.0307. The first-order chi connectivity index (χ1) is 11.6. The number of aromatic nitrogens is 4. The smallest absolute Gasteiger partial charge is 0.240 e. The van der Waals surface area contributed by atoms with Crippen LogP contribution in [0.4, 0.5) is 5.13 Å². The molecule has 0 atom stereocenters. The Balaban J connectivity index is 1.34. The fourth-order valence-corrected chi connectivity index (χ4v) is 3.70. The van der Waals surface area contributed by atoms with Gasteiger partial charge in [0.2, 0.25) is 11.0 Å². The van der Waals surface area contributed by atoms with E-state index in [9.17, 15) is 4.79 Å². The average Bonchev–Trinajstić information content (AvgIpc) is 3.13. The molecule has 1 aliphatic carbocycles. The largest absolute Gasteiger partial charge is 0.299 e. The molecule has 2 aromatic rings. The number of carbonyl (C=O) groups is 1. The van der Waals surface area contributed by atoms with Crippen LogP contribution in [0, 0.1) is 0 Å². The average molecular weight is 346 g/mol. The Morgan fingerprint density at radius 3 is 2.92 bits per heavy atom. The minimum Gasteiger partial charge on any atom is -0.299 e. The van der Waals surface area contributed by atoms with Gasteiger partial charge in [-0.2, -0.15) is 5.10 Å². The zero-order valence-corrected chi connectivity index (χ0v) is 14.8. The summed E-state index contributed by atoms with van der Waals surface area (Å²) in [6, 6.07) is 2.21. The van der Waals surface area contributed by atoms with E-state index in [-0.39, 0.29) is 5.91 Å². The molecule has 0 spiro atoms. The van der Waals surface area contributed by atoms with E-state index in [1.54, 1.807) is 0 Å². The number of rotatable bonds is 5. The van der Waals surface area contributed by atoms with Crippen molar-refractivity contribution in [2.45, 2.75) is 51.6 Å². The van der Waals surface area contributed by atoms with Crippen LogP contribution in [-0.2, 0) is 17.9 Å². The molecular formula is C16H22N6OS. The number of hydrogen-bond acceptors (Lipinski definition) is 6. The van der Waals surface area contributed by atoms with Gasteiger partial charge in [-0.25, -0.2) is 0 Å². The molecule has 1 aliphatic heterocycles. The van der Waals surface area contributed by atoms with Crippen LogP contribution < -0.4 is 5.32 Å². The maximum absolute atomic E-state index is 12.3. The second kappa shape index (κ2) is 6.25. The third-order valence-electron chi connectivity index (χ3n) is 4.44. The van der Waals surface area contributed by atoms with E-state index in [1.807, 2.05) is 0 Å². The van der Waals surface area contributed by atoms with Gasteiger partial charge in [-0.3, -0.25) is 19.7 Å². The first-order valence-electron chi connectivity index (χ1n) is 8.50. The SMILES string of the molecule is CC(C)c1nnc(NC(=O)CN2CCn3nc(C4CC4)cc3C2)s1. The molecule has 8 heteroatoms. The van der Waals surface area contributed by atoms with Crippen LogP contribution in [0.25, 0.3) is 0 Å². The highest BCUT2D eigenvalue weighted by Crippen LogP contribution is 2.39. The van der Waals surface area contributed by atoms with E-state index in [4.69, 9.17) is 0 Å². The molecule has 24 heavy (non-hydrogen) atoms. The van der Waals surface area contributed by atoms with Crippen molar-refractivity contribution in [1.29, 1.82) is 0 Å². The molecule has 0 bridgehead atoms. The zero-order valence-electron chi connectivity index (χ0n) is 14.0. The first kappa shape index (κ1) is 15.7. The van der Waals surface area contributed by atoms with E-state index >= 15 is 0 Å². The van der Waals surface area contributed by atoms with Crippen LogP contribution in [-0.4, -0.2) is 43.9 Å². The molecule has 0 saturated heterocycles. The summed E-state index contributed by atoms with van der Waals surface area (Å²) < 4.78 is 2.10. The molecule has 2 aromatic heterocycles. The lowest BCUT2D eigenvalue weighted by atomic mass is 10.2. The Labute approximate surface area is 145 Å². The van der Waals surface area contributed by atoms with Crippen LogP contribution in [0.15, 0.2) is 6.07 Å². The number of anilines is 1. The molecule has 1 N–H and O–H groups in total. The van der Waals surface area contributed by atoms with Crippen molar-refractivity contribution in [3.8, 4) is 0 Å².